The van der Waals surface area contributed by atoms with Gasteiger partial charge in [-0.25, -0.2) is 14.2 Å². The molecule has 1 N–H and O–H groups in total. The highest BCUT2D eigenvalue weighted by Gasteiger charge is 2.15. The van der Waals surface area contributed by atoms with Gasteiger partial charge in [0, 0.05) is 11.6 Å². The Morgan fingerprint density at radius 3 is 2.67 bits per heavy atom. The fourth-order valence-corrected chi connectivity index (χ4v) is 2.28. The van der Waals surface area contributed by atoms with Gasteiger partial charge in [0.1, 0.15) is 5.82 Å². The molecule has 0 aliphatic carbocycles. The first-order chi connectivity index (χ1) is 10.1. The topological polar surface area (TPSA) is 63.1 Å². The highest BCUT2D eigenvalue weighted by atomic mass is 19.1. The summed E-state index contributed by atoms with van der Waals surface area (Å²) in [5.41, 5.74) is 2.10. The molecule has 0 bridgehead atoms. The van der Waals surface area contributed by atoms with Crippen LogP contribution in [0.4, 0.5) is 4.39 Å². The van der Waals surface area contributed by atoms with E-state index in [-0.39, 0.29) is 5.56 Å². The van der Waals surface area contributed by atoms with Gasteiger partial charge in [-0.15, -0.1) is 0 Å². The lowest BCUT2D eigenvalue weighted by atomic mass is 10.0. The third-order valence-electron chi connectivity index (χ3n) is 3.23. The maximum absolute atomic E-state index is 13.5. The van der Waals surface area contributed by atoms with Crippen molar-refractivity contribution in [3.63, 3.8) is 0 Å². The number of aromatic carboxylic acids is 1. The molecule has 2 aromatic heterocycles. The van der Waals surface area contributed by atoms with Crippen molar-refractivity contribution in [2.45, 2.75) is 6.92 Å². The van der Waals surface area contributed by atoms with E-state index in [1.54, 1.807) is 31.3 Å². The molecule has 3 rings (SSSR count). The summed E-state index contributed by atoms with van der Waals surface area (Å²) in [6.45, 7) is 1.70. The third kappa shape index (κ3) is 2.33. The number of pyridine rings is 2. The lowest BCUT2D eigenvalue weighted by Crippen LogP contribution is -2.02. The Morgan fingerprint density at radius 1 is 1.19 bits per heavy atom. The van der Waals surface area contributed by atoms with E-state index in [2.05, 4.69) is 9.97 Å². The van der Waals surface area contributed by atoms with Crippen molar-refractivity contribution < 1.29 is 14.3 Å². The molecule has 21 heavy (non-hydrogen) atoms. The molecule has 0 unspecified atom stereocenters. The van der Waals surface area contributed by atoms with E-state index in [9.17, 15) is 14.3 Å². The zero-order valence-electron chi connectivity index (χ0n) is 11.2. The van der Waals surface area contributed by atoms with Crippen molar-refractivity contribution >= 4 is 16.9 Å². The van der Waals surface area contributed by atoms with Crippen LogP contribution in [0, 0.1) is 12.7 Å². The first kappa shape index (κ1) is 13.2. The van der Waals surface area contributed by atoms with Gasteiger partial charge in [-0.3, -0.25) is 4.98 Å². The number of carbonyl (C=O) groups is 1. The fourth-order valence-electron chi connectivity index (χ4n) is 2.28. The summed E-state index contributed by atoms with van der Waals surface area (Å²) in [5.74, 6) is -1.60. The number of hydrogen-bond acceptors (Lipinski definition) is 3. The molecule has 2 heterocycles. The Morgan fingerprint density at radius 2 is 2.00 bits per heavy atom. The second-order valence-electron chi connectivity index (χ2n) is 4.69. The lowest BCUT2D eigenvalue weighted by Gasteiger charge is -2.09. The van der Waals surface area contributed by atoms with Gasteiger partial charge in [0.25, 0.3) is 0 Å². The summed E-state index contributed by atoms with van der Waals surface area (Å²) < 4.78 is 13.5. The van der Waals surface area contributed by atoms with Gasteiger partial charge >= 0.3 is 5.97 Å². The molecular formula is C16H11FN2O2. The minimum atomic E-state index is -1.12. The van der Waals surface area contributed by atoms with E-state index in [1.165, 1.54) is 18.2 Å². The number of carboxylic acids is 1. The van der Waals surface area contributed by atoms with E-state index >= 15 is 0 Å². The van der Waals surface area contributed by atoms with Crippen LogP contribution >= 0.6 is 0 Å². The van der Waals surface area contributed by atoms with Crippen molar-refractivity contribution in [3.8, 4) is 11.4 Å². The van der Waals surface area contributed by atoms with Crippen LogP contribution in [0.5, 0.6) is 0 Å². The zero-order chi connectivity index (χ0) is 15.0. The van der Waals surface area contributed by atoms with Gasteiger partial charge in [0.2, 0.25) is 0 Å². The van der Waals surface area contributed by atoms with Gasteiger partial charge in [-0.1, -0.05) is 6.07 Å². The predicted molar refractivity (Wildman–Crippen MR) is 76.6 cm³/mol. The Balaban J connectivity index is 2.38. The molecular weight excluding hydrogens is 271 g/mol. The molecule has 0 saturated heterocycles. The summed E-state index contributed by atoms with van der Waals surface area (Å²) in [6, 6.07) is 9.27. The maximum Gasteiger partial charge on any atom is 0.336 e. The average molecular weight is 282 g/mol. The number of fused-ring (bicyclic) bond motifs is 1. The molecule has 0 radical (unpaired) electrons. The van der Waals surface area contributed by atoms with Crippen LogP contribution in [0.15, 0.2) is 42.6 Å². The minimum Gasteiger partial charge on any atom is -0.478 e. The first-order valence-electron chi connectivity index (χ1n) is 6.32. The number of rotatable bonds is 2. The van der Waals surface area contributed by atoms with E-state index in [4.69, 9.17) is 0 Å². The lowest BCUT2D eigenvalue weighted by molar-refractivity contribution is 0.0699. The Labute approximate surface area is 119 Å². The van der Waals surface area contributed by atoms with Gasteiger partial charge < -0.3 is 5.11 Å². The molecule has 0 amide bonds. The summed E-state index contributed by atoms with van der Waals surface area (Å²) in [6.07, 6.45) is 1.61. The Kier molecular flexibility index (Phi) is 3.10. The standard InChI is InChI=1S/C16H11FN2O2/c1-9-6-10(17)7-11-12(16(20)21)8-14(19-15(9)11)13-4-2-3-5-18-13/h2-8H,1H3,(H,20,21). The van der Waals surface area contributed by atoms with Gasteiger partial charge in [0.15, 0.2) is 0 Å². The number of hydrogen-bond donors (Lipinski definition) is 1. The largest absolute Gasteiger partial charge is 0.478 e. The maximum atomic E-state index is 13.5. The van der Waals surface area contributed by atoms with Gasteiger partial charge in [0.05, 0.1) is 22.5 Å². The molecule has 0 saturated carbocycles. The number of carboxylic acid groups (broad SMARTS) is 1. The molecule has 5 heteroatoms. The van der Waals surface area contributed by atoms with E-state index in [0.717, 1.165) is 0 Å². The smallest absolute Gasteiger partial charge is 0.336 e. The van der Waals surface area contributed by atoms with Crippen molar-refractivity contribution in [2.24, 2.45) is 0 Å². The third-order valence-corrected chi connectivity index (χ3v) is 3.23. The number of nitrogens with zero attached hydrogens (tertiary/aromatic N) is 2. The molecule has 104 valence electrons. The Hall–Kier alpha value is -2.82. The molecule has 0 spiro atoms. The molecule has 1 aromatic carbocycles. The fraction of sp³-hybridized carbons (Fsp3) is 0.0625. The molecule has 4 nitrogen and oxygen atoms in total. The summed E-state index contributed by atoms with van der Waals surface area (Å²) >= 11 is 0. The average Bonchev–Trinajstić information content (AvgIpc) is 2.47. The van der Waals surface area contributed by atoms with Gasteiger partial charge in [-0.2, -0.15) is 0 Å². The minimum absolute atomic E-state index is 0.0169. The van der Waals surface area contributed by atoms with E-state index in [1.807, 2.05) is 0 Å². The second kappa shape index (κ2) is 4.94. The molecule has 0 atom stereocenters. The highest BCUT2D eigenvalue weighted by Crippen LogP contribution is 2.26. The van der Waals surface area contributed by atoms with Crippen molar-refractivity contribution in [1.29, 1.82) is 0 Å². The van der Waals surface area contributed by atoms with Crippen LogP contribution in [0.25, 0.3) is 22.3 Å². The van der Waals surface area contributed by atoms with Crippen molar-refractivity contribution in [3.05, 3.63) is 59.5 Å². The van der Waals surface area contributed by atoms with Crippen LogP contribution in [0.2, 0.25) is 0 Å². The predicted octanol–water partition coefficient (Wildman–Crippen LogP) is 3.44. The van der Waals surface area contributed by atoms with Crippen LogP contribution < -0.4 is 0 Å². The number of halogens is 1. The van der Waals surface area contributed by atoms with Crippen molar-refractivity contribution in [2.75, 3.05) is 0 Å². The number of benzene rings is 1. The Bertz CT molecular complexity index is 848. The number of aromatic nitrogens is 2. The molecule has 3 aromatic rings. The highest BCUT2D eigenvalue weighted by molar-refractivity contribution is 6.04. The van der Waals surface area contributed by atoms with Crippen molar-refractivity contribution in [1.82, 2.24) is 9.97 Å². The molecule has 0 fully saturated rings. The monoisotopic (exact) mass is 282 g/mol. The summed E-state index contributed by atoms with van der Waals surface area (Å²) in [5, 5.41) is 9.66. The second-order valence-corrected chi connectivity index (χ2v) is 4.69. The normalized spacial score (nSPS) is 10.8. The zero-order valence-corrected chi connectivity index (χ0v) is 11.2. The molecule has 0 aliphatic heterocycles. The quantitative estimate of drug-likeness (QED) is 0.782. The summed E-state index contributed by atoms with van der Waals surface area (Å²) in [4.78, 5) is 20.1. The molecule has 0 aliphatic rings. The summed E-state index contributed by atoms with van der Waals surface area (Å²) in [7, 11) is 0. The van der Waals surface area contributed by atoms with Crippen LogP contribution in [0.3, 0.4) is 0 Å². The van der Waals surface area contributed by atoms with Crippen LogP contribution in [0.1, 0.15) is 15.9 Å². The van der Waals surface area contributed by atoms with Crippen LogP contribution in [-0.4, -0.2) is 21.0 Å². The first-order valence-corrected chi connectivity index (χ1v) is 6.32. The number of aryl methyl sites for hydroxylation is 1. The SMILES string of the molecule is Cc1cc(F)cc2c(C(=O)O)cc(-c3ccccn3)nc12. The van der Waals surface area contributed by atoms with Gasteiger partial charge in [-0.05, 0) is 42.8 Å². The van der Waals surface area contributed by atoms with E-state index in [0.29, 0.717) is 27.9 Å². The van der Waals surface area contributed by atoms with E-state index < -0.39 is 11.8 Å². The van der Waals surface area contributed by atoms with Crippen LogP contribution in [-0.2, 0) is 0 Å².